The summed E-state index contributed by atoms with van der Waals surface area (Å²) in [6, 6.07) is 7.66. The van der Waals surface area contributed by atoms with E-state index in [2.05, 4.69) is 20.5 Å². The molecule has 124 valence electrons. The van der Waals surface area contributed by atoms with Gasteiger partial charge in [-0.15, -0.1) is 0 Å². The fraction of sp³-hybridized carbons (Fsp3) is 0.167. The molecule has 7 heteroatoms. The highest BCUT2D eigenvalue weighted by Gasteiger charge is 2.30. The first-order valence-electron chi connectivity index (χ1n) is 8.10. The van der Waals surface area contributed by atoms with E-state index in [-0.39, 0.29) is 11.8 Å². The molecule has 1 aliphatic rings. The monoisotopic (exact) mass is 351 g/mol. The number of nitrogens with zero attached hydrogens (tertiary/aromatic N) is 3. The standard InChI is InChI=1S/C18H14ClN5O/c19-13-4-5-14-12(7-20-23-14)17(13)11-3-6-16-21-15(9-24(16)8-11)22-18(25)10-1-2-10/h3-10H,1-2H2,(H,20,23)(H,22,25). The lowest BCUT2D eigenvalue weighted by molar-refractivity contribution is -0.117. The van der Waals surface area contributed by atoms with Gasteiger partial charge < -0.3 is 9.72 Å². The molecule has 1 aliphatic carbocycles. The van der Waals surface area contributed by atoms with Crippen LogP contribution < -0.4 is 5.32 Å². The predicted octanol–water partition coefficient (Wildman–Crippen LogP) is 3.88. The van der Waals surface area contributed by atoms with Crippen LogP contribution >= 0.6 is 11.6 Å². The summed E-state index contributed by atoms with van der Waals surface area (Å²) in [6.07, 6.45) is 7.49. The number of benzene rings is 1. The number of carbonyl (C=O) groups is 1. The van der Waals surface area contributed by atoms with Crippen molar-refractivity contribution in [2.45, 2.75) is 12.8 Å². The molecule has 6 nitrogen and oxygen atoms in total. The van der Waals surface area contributed by atoms with E-state index in [1.54, 1.807) is 6.20 Å². The van der Waals surface area contributed by atoms with Crippen molar-refractivity contribution in [3.63, 3.8) is 0 Å². The summed E-state index contributed by atoms with van der Waals surface area (Å²) in [5, 5.41) is 11.6. The topological polar surface area (TPSA) is 75.1 Å². The van der Waals surface area contributed by atoms with E-state index >= 15 is 0 Å². The summed E-state index contributed by atoms with van der Waals surface area (Å²) >= 11 is 6.44. The Balaban J connectivity index is 1.58. The highest BCUT2D eigenvalue weighted by Crippen LogP contribution is 2.35. The van der Waals surface area contributed by atoms with Gasteiger partial charge in [-0.3, -0.25) is 9.89 Å². The molecule has 0 saturated heterocycles. The van der Waals surface area contributed by atoms with Crippen LogP contribution in [0.3, 0.4) is 0 Å². The average molecular weight is 352 g/mol. The number of anilines is 1. The zero-order chi connectivity index (χ0) is 17.0. The van der Waals surface area contributed by atoms with Crippen molar-refractivity contribution in [3.05, 3.63) is 47.9 Å². The number of imidazole rings is 1. The largest absolute Gasteiger partial charge is 0.309 e. The number of rotatable bonds is 3. The molecule has 0 atom stereocenters. The molecule has 4 aromatic rings. The van der Waals surface area contributed by atoms with Gasteiger partial charge in [-0.2, -0.15) is 5.10 Å². The molecule has 1 saturated carbocycles. The number of pyridine rings is 1. The number of aromatic nitrogens is 4. The number of fused-ring (bicyclic) bond motifs is 2. The fourth-order valence-electron chi connectivity index (χ4n) is 3.06. The molecule has 1 aromatic carbocycles. The van der Waals surface area contributed by atoms with Crippen LogP contribution in [0, 0.1) is 5.92 Å². The highest BCUT2D eigenvalue weighted by molar-refractivity contribution is 6.35. The van der Waals surface area contributed by atoms with E-state index in [4.69, 9.17) is 11.6 Å². The molecule has 25 heavy (non-hydrogen) atoms. The summed E-state index contributed by atoms with van der Waals surface area (Å²) in [7, 11) is 0. The van der Waals surface area contributed by atoms with Gasteiger partial charge in [0.2, 0.25) is 5.91 Å². The molecular formula is C18H14ClN5O. The van der Waals surface area contributed by atoms with E-state index < -0.39 is 0 Å². The van der Waals surface area contributed by atoms with Gasteiger partial charge in [0, 0.05) is 33.7 Å². The normalized spacial score (nSPS) is 14.3. The fourth-order valence-corrected chi connectivity index (χ4v) is 3.33. The van der Waals surface area contributed by atoms with Gasteiger partial charge in [-0.25, -0.2) is 4.98 Å². The predicted molar refractivity (Wildman–Crippen MR) is 96.6 cm³/mol. The molecule has 0 radical (unpaired) electrons. The van der Waals surface area contributed by atoms with Crippen LogP contribution in [0.25, 0.3) is 27.7 Å². The number of hydrogen-bond donors (Lipinski definition) is 2. The Morgan fingerprint density at radius 1 is 1.24 bits per heavy atom. The smallest absolute Gasteiger partial charge is 0.228 e. The van der Waals surface area contributed by atoms with Crippen molar-refractivity contribution >= 4 is 39.9 Å². The van der Waals surface area contributed by atoms with Gasteiger partial charge in [0.05, 0.1) is 17.9 Å². The number of halogens is 1. The van der Waals surface area contributed by atoms with Crippen molar-refractivity contribution in [1.82, 2.24) is 19.6 Å². The van der Waals surface area contributed by atoms with E-state index in [0.29, 0.717) is 10.8 Å². The maximum Gasteiger partial charge on any atom is 0.228 e. The summed E-state index contributed by atoms with van der Waals surface area (Å²) in [5.41, 5.74) is 3.59. The molecule has 0 bridgehead atoms. The number of aromatic amines is 1. The summed E-state index contributed by atoms with van der Waals surface area (Å²) < 4.78 is 1.90. The number of hydrogen-bond acceptors (Lipinski definition) is 3. The first-order valence-corrected chi connectivity index (χ1v) is 8.48. The first kappa shape index (κ1) is 14.5. The van der Waals surface area contributed by atoms with Gasteiger partial charge in [-0.05, 0) is 37.1 Å². The molecule has 0 unspecified atom stereocenters. The third-order valence-electron chi connectivity index (χ3n) is 4.51. The first-order chi connectivity index (χ1) is 12.2. The highest BCUT2D eigenvalue weighted by atomic mass is 35.5. The van der Waals surface area contributed by atoms with Crippen LogP contribution in [-0.4, -0.2) is 25.5 Å². The van der Waals surface area contributed by atoms with Gasteiger partial charge in [0.25, 0.3) is 0 Å². The van der Waals surface area contributed by atoms with Crippen molar-refractivity contribution in [2.75, 3.05) is 5.32 Å². The Kier molecular flexibility index (Phi) is 3.08. The second kappa shape index (κ2) is 5.32. The molecule has 2 N–H and O–H groups in total. The minimum Gasteiger partial charge on any atom is -0.309 e. The van der Waals surface area contributed by atoms with Crippen molar-refractivity contribution in [3.8, 4) is 11.1 Å². The van der Waals surface area contributed by atoms with Crippen LogP contribution in [0.15, 0.2) is 42.9 Å². The zero-order valence-electron chi connectivity index (χ0n) is 13.2. The van der Waals surface area contributed by atoms with E-state index in [1.165, 1.54) is 0 Å². The number of carbonyl (C=O) groups excluding carboxylic acids is 1. The van der Waals surface area contributed by atoms with Gasteiger partial charge >= 0.3 is 0 Å². The second-order valence-electron chi connectivity index (χ2n) is 6.33. The Bertz CT molecular complexity index is 1130. The minimum atomic E-state index is 0.0508. The molecule has 1 amide bonds. The maximum atomic E-state index is 11.9. The van der Waals surface area contributed by atoms with Crippen LogP contribution in [0.2, 0.25) is 5.02 Å². The third kappa shape index (κ3) is 2.46. The number of H-pyrrole nitrogens is 1. The van der Waals surface area contributed by atoms with Crippen LogP contribution in [0.5, 0.6) is 0 Å². The molecule has 1 fully saturated rings. The number of nitrogens with one attached hydrogen (secondary N) is 2. The maximum absolute atomic E-state index is 11.9. The molecule has 0 aliphatic heterocycles. The quantitative estimate of drug-likeness (QED) is 0.588. The summed E-state index contributed by atoms with van der Waals surface area (Å²) in [4.78, 5) is 16.4. The van der Waals surface area contributed by atoms with Crippen molar-refractivity contribution < 1.29 is 4.79 Å². The Labute approximate surface area is 147 Å². The summed E-state index contributed by atoms with van der Waals surface area (Å²) in [6.45, 7) is 0. The lowest BCUT2D eigenvalue weighted by atomic mass is 10.0. The Morgan fingerprint density at radius 3 is 2.96 bits per heavy atom. The van der Waals surface area contributed by atoms with E-state index in [1.807, 2.05) is 41.1 Å². The van der Waals surface area contributed by atoms with Crippen LogP contribution in [0.1, 0.15) is 12.8 Å². The molecule has 3 aromatic heterocycles. The van der Waals surface area contributed by atoms with Crippen LogP contribution in [-0.2, 0) is 4.79 Å². The molecule has 3 heterocycles. The molecule has 0 spiro atoms. The Morgan fingerprint density at radius 2 is 2.12 bits per heavy atom. The number of amides is 1. The van der Waals surface area contributed by atoms with Gasteiger partial charge in [-0.1, -0.05) is 11.6 Å². The van der Waals surface area contributed by atoms with Gasteiger partial charge in [0.1, 0.15) is 5.65 Å². The lowest BCUT2D eigenvalue weighted by Crippen LogP contribution is -2.13. The average Bonchev–Trinajstić information content (AvgIpc) is 3.22. The van der Waals surface area contributed by atoms with Crippen molar-refractivity contribution in [1.29, 1.82) is 0 Å². The van der Waals surface area contributed by atoms with E-state index in [0.717, 1.165) is 40.5 Å². The Hall–Kier alpha value is -2.86. The summed E-state index contributed by atoms with van der Waals surface area (Å²) in [5.74, 6) is 0.773. The molecular weight excluding hydrogens is 338 g/mol. The van der Waals surface area contributed by atoms with Crippen LogP contribution in [0.4, 0.5) is 5.82 Å². The SMILES string of the molecule is O=C(Nc1cn2cc(-c3c(Cl)ccc4[nH]ncc34)ccc2n1)C1CC1. The minimum absolute atomic E-state index is 0.0508. The van der Waals surface area contributed by atoms with Gasteiger partial charge in [0.15, 0.2) is 5.82 Å². The zero-order valence-corrected chi connectivity index (χ0v) is 13.9. The molecule has 5 rings (SSSR count). The second-order valence-corrected chi connectivity index (χ2v) is 6.73. The third-order valence-corrected chi connectivity index (χ3v) is 4.83. The van der Waals surface area contributed by atoms with E-state index in [9.17, 15) is 4.79 Å². The van der Waals surface area contributed by atoms with Crippen molar-refractivity contribution in [2.24, 2.45) is 5.92 Å². The lowest BCUT2D eigenvalue weighted by Gasteiger charge is -2.07.